The Labute approximate surface area is 262 Å². The Balaban J connectivity index is 1.52. The second-order valence-electron chi connectivity index (χ2n) is 11.6. The van der Waals surface area contributed by atoms with Gasteiger partial charge in [-0.2, -0.15) is 5.10 Å². The second kappa shape index (κ2) is 10.9. The van der Waals surface area contributed by atoms with Gasteiger partial charge in [0.2, 0.25) is 5.91 Å². The van der Waals surface area contributed by atoms with Gasteiger partial charge in [-0.25, -0.2) is 18.7 Å². The summed E-state index contributed by atoms with van der Waals surface area (Å²) in [6.07, 6.45) is 2.74. The molecule has 0 spiro atoms. The fourth-order valence-corrected chi connectivity index (χ4v) is 6.97. The van der Waals surface area contributed by atoms with Gasteiger partial charge in [-0.05, 0) is 56.5 Å². The van der Waals surface area contributed by atoms with Gasteiger partial charge in [-0.3, -0.25) is 9.48 Å². The molecule has 0 bridgehead atoms. The van der Waals surface area contributed by atoms with Crippen molar-refractivity contribution in [1.29, 1.82) is 0 Å². The smallest absolute Gasteiger partial charge is 0.246 e. The van der Waals surface area contributed by atoms with Crippen molar-refractivity contribution in [2.24, 2.45) is 7.05 Å². The number of ether oxygens (including phenoxy) is 1. The van der Waals surface area contributed by atoms with E-state index in [2.05, 4.69) is 11.6 Å². The number of hydrogen-bond donors (Lipinski definition) is 0. The van der Waals surface area contributed by atoms with E-state index in [-0.39, 0.29) is 29.4 Å². The number of imidazole rings is 1. The van der Waals surface area contributed by atoms with Gasteiger partial charge in [0.15, 0.2) is 0 Å². The highest BCUT2D eigenvalue weighted by molar-refractivity contribution is 7.18. The molecule has 0 radical (unpaired) electrons. The van der Waals surface area contributed by atoms with E-state index in [4.69, 9.17) is 14.8 Å². The van der Waals surface area contributed by atoms with E-state index in [1.165, 1.54) is 23.5 Å². The third-order valence-corrected chi connectivity index (χ3v) is 9.04. The molecular formula is C34H30F2N6O2S. The first kappa shape index (κ1) is 28.8. The van der Waals surface area contributed by atoms with Crippen molar-refractivity contribution >= 4 is 38.4 Å². The number of benzene rings is 2. The molecule has 0 saturated heterocycles. The Bertz CT molecular complexity index is 2150. The van der Waals surface area contributed by atoms with Crippen LogP contribution in [-0.4, -0.2) is 47.3 Å². The fraction of sp³-hybridized carbons (Fsp3) is 0.235. The van der Waals surface area contributed by atoms with Crippen LogP contribution in [-0.2, 0) is 24.9 Å². The van der Waals surface area contributed by atoms with Crippen molar-refractivity contribution in [2.45, 2.75) is 46.0 Å². The SMILES string of the molecule is C=CC(=O)N1Cc2cc(-c3nc(-c4ccc5ncn(C)c5c4)c4ccsc4c3-c3c(F)cc(F)cc3OC(C)C)nn2CC1C. The molecule has 4 aromatic heterocycles. The number of amides is 1. The predicted octanol–water partition coefficient (Wildman–Crippen LogP) is 7.36. The van der Waals surface area contributed by atoms with Crippen molar-refractivity contribution < 1.29 is 18.3 Å². The maximum absolute atomic E-state index is 16.0. The molecule has 2 aromatic carbocycles. The summed E-state index contributed by atoms with van der Waals surface area (Å²) in [4.78, 5) is 24.0. The van der Waals surface area contributed by atoms with Crippen LogP contribution in [0.5, 0.6) is 5.75 Å². The van der Waals surface area contributed by atoms with E-state index in [0.717, 1.165) is 38.4 Å². The number of fused-ring (bicyclic) bond motifs is 3. The van der Waals surface area contributed by atoms with Crippen LogP contribution in [0.3, 0.4) is 0 Å². The minimum Gasteiger partial charge on any atom is -0.490 e. The zero-order valence-electron chi connectivity index (χ0n) is 25.2. The minimum absolute atomic E-state index is 0.0876. The fourth-order valence-electron chi connectivity index (χ4n) is 6.02. The highest BCUT2D eigenvalue weighted by Gasteiger charge is 2.30. The maximum atomic E-state index is 16.0. The Kier molecular flexibility index (Phi) is 7.00. The van der Waals surface area contributed by atoms with E-state index in [9.17, 15) is 9.18 Å². The Morgan fingerprint density at radius 3 is 2.73 bits per heavy atom. The van der Waals surface area contributed by atoms with Crippen molar-refractivity contribution in [3.8, 4) is 39.5 Å². The number of carbonyl (C=O) groups excluding carboxylic acids is 1. The molecule has 11 heteroatoms. The van der Waals surface area contributed by atoms with E-state index < -0.39 is 11.6 Å². The molecule has 1 atom stereocenters. The number of nitrogens with zero attached hydrogens (tertiary/aromatic N) is 6. The molecule has 0 aliphatic carbocycles. The molecule has 7 rings (SSSR count). The molecule has 45 heavy (non-hydrogen) atoms. The van der Waals surface area contributed by atoms with Gasteiger partial charge in [-0.1, -0.05) is 12.6 Å². The lowest BCUT2D eigenvalue weighted by atomic mass is 9.96. The number of rotatable bonds is 6. The van der Waals surface area contributed by atoms with Crippen molar-refractivity contribution in [3.05, 3.63) is 84.2 Å². The summed E-state index contributed by atoms with van der Waals surface area (Å²) >= 11 is 1.45. The highest BCUT2D eigenvalue weighted by atomic mass is 32.1. The summed E-state index contributed by atoms with van der Waals surface area (Å²) < 4.78 is 41.2. The van der Waals surface area contributed by atoms with E-state index in [1.807, 2.05) is 72.8 Å². The summed E-state index contributed by atoms with van der Waals surface area (Å²) in [7, 11) is 1.94. The first-order valence-corrected chi connectivity index (χ1v) is 15.5. The van der Waals surface area contributed by atoms with E-state index >= 15 is 4.39 Å². The van der Waals surface area contributed by atoms with Gasteiger partial charge in [-0.15, -0.1) is 11.3 Å². The Morgan fingerprint density at radius 1 is 1.13 bits per heavy atom. The van der Waals surface area contributed by atoms with Crippen LogP contribution >= 0.6 is 11.3 Å². The Morgan fingerprint density at radius 2 is 1.96 bits per heavy atom. The van der Waals surface area contributed by atoms with Gasteiger partial charge >= 0.3 is 0 Å². The number of aromatic nitrogens is 5. The number of aryl methyl sites for hydroxylation is 1. The van der Waals surface area contributed by atoms with Crippen LogP contribution in [0.1, 0.15) is 26.5 Å². The normalized spacial score (nSPS) is 14.8. The predicted molar refractivity (Wildman–Crippen MR) is 172 cm³/mol. The maximum Gasteiger partial charge on any atom is 0.246 e. The van der Waals surface area contributed by atoms with Crippen LogP contribution in [0.25, 0.3) is 54.9 Å². The average Bonchev–Trinajstić information content (AvgIpc) is 3.74. The molecule has 5 heterocycles. The average molecular weight is 625 g/mol. The summed E-state index contributed by atoms with van der Waals surface area (Å²) in [6, 6.07) is 11.8. The topological polar surface area (TPSA) is 78.1 Å². The van der Waals surface area contributed by atoms with Crippen LogP contribution < -0.4 is 4.74 Å². The molecule has 1 unspecified atom stereocenters. The molecule has 8 nitrogen and oxygen atoms in total. The van der Waals surface area contributed by atoms with Crippen LogP contribution in [0.15, 0.2) is 66.8 Å². The van der Waals surface area contributed by atoms with Gasteiger partial charge in [0, 0.05) is 46.4 Å². The number of thiophene rings is 1. The third-order valence-electron chi connectivity index (χ3n) is 8.10. The van der Waals surface area contributed by atoms with E-state index in [1.54, 1.807) is 11.2 Å². The molecule has 1 aliphatic rings. The quantitative estimate of drug-likeness (QED) is 0.181. The number of hydrogen-bond acceptors (Lipinski definition) is 6. The van der Waals surface area contributed by atoms with Crippen LogP contribution in [0, 0.1) is 11.6 Å². The number of halogens is 2. The molecule has 6 aromatic rings. The van der Waals surface area contributed by atoms with Gasteiger partial charge in [0.1, 0.15) is 28.8 Å². The Hall–Kier alpha value is -4.90. The molecule has 0 fully saturated rings. The zero-order valence-corrected chi connectivity index (χ0v) is 26.0. The zero-order chi connectivity index (χ0) is 31.6. The molecular weight excluding hydrogens is 594 g/mol. The van der Waals surface area contributed by atoms with Crippen molar-refractivity contribution in [1.82, 2.24) is 29.2 Å². The van der Waals surface area contributed by atoms with Crippen LogP contribution in [0.4, 0.5) is 8.78 Å². The van der Waals surface area contributed by atoms with Gasteiger partial charge in [0.25, 0.3) is 0 Å². The van der Waals surface area contributed by atoms with Crippen LogP contribution in [0.2, 0.25) is 0 Å². The lowest BCUT2D eigenvalue weighted by Crippen LogP contribution is -2.44. The summed E-state index contributed by atoms with van der Waals surface area (Å²) in [5.74, 6) is -1.56. The van der Waals surface area contributed by atoms with Gasteiger partial charge in [0.05, 0.1) is 53.5 Å². The molecule has 1 aliphatic heterocycles. The van der Waals surface area contributed by atoms with Crippen molar-refractivity contribution in [3.63, 3.8) is 0 Å². The first-order chi connectivity index (χ1) is 21.6. The minimum atomic E-state index is -0.757. The number of carbonyl (C=O) groups is 1. The monoisotopic (exact) mass is 624 g/mol. The molecule has 228 valence electrons. The van der Waals surface area contributed by atoms with Crippen molar-refractivity contribution in [2.75, 3.05) is 0 Å². The highest BCUT2D eigenvalue weighted by Crippen LogP contribution is 2.47. The molecule has 0 saturated carbocycles. The summed E-state index contributed by atoms with van der Waals surface area (Å²) in [5, 5.41) is 7.70. The van der Waals surface area contributed by atoms with E-state index in [0.29, 0.717) is 35.7 Å². The first-order valence-electron chi connectivity index (χ1n) is 14.6. The third kappa shape index (κ3) is 4.87. The molecule has 0 N–H and O–H groups in total. The second-order valence-corrected chi connectivity index (χ2v) is 12.5. The number of pyridine rings is 1. The standard InChI is InChI=1S/C34H30F2N6O2S/c1-6-29(43)41-16-22-14-26(39-42(22)15-19(41)4)33-31(30-24(36)12-21(35)13-28(30)44-18(2)3)34-23(9-10-45-34)32(38-33)20-7-8-25-27(11-20)40(5)17-37-25/h6-14,17-19H,1,15-16H2,2-5H3. The summed E-state index contributed by atoms with van der Waals surface area (Å²) in [6.45, 7) is 10.0. The lowest BCUT2D eigenvalue weighted by Gasteiger charge is -2.33. The summed E-state index contributed by atoms with van der Waals surface area (Å²) in [5.41, 5.74) is 5.71. The molecule has 1 amide bonds. The van der Waals surface area contributed by atoms with Gasteiger partial charge < -0.3 is 14.2 Å². The lowest BCUT2D eigenvalue weighted by molar-refractivity contribution is -0.129. The largest absolute Gasteiger partial charge is 0.490 e.